The number of benzene rings is 1. The van der Waals surface area contributed by atoms with Gasteiger partial charge in [-0.05, 0) is 12.5 Å². The molecule has 0 fully saturated rings. The lowest BCUT2D eigenvalue weighted by Crippen LogP contribution is -2.30. The van der Waals surface area contributed by atoms with Crippen molar-refractivity contribution in [2.24, 2.45) is 0 Å². The number of hydrogen-bond acceptors (Lipinski definition) is 5. The molecule has 1 rings (SSSR count). The van der Waals surface area contributed by atoms with Crippen molar-refractivity contribution < 1.29 is 26.0 Å². The van der Waals surface area contributed by atoms with E-state index in [1.807, 2.05) is 0 Å². The molecule has 0 aliphatic heterocycles. The number of carbonyl (C=O) groups is 1. The van der Waals surface area contributed by atoms with Crippen LogP contribution in [0.1, 0.15) is 12.5 Å². The molecular weight excluding hydrogens is 263 g/mol. The SMILES string of the molecule is CCOC(=O)[C@@H](Cc1ccccc1)OS(=O)(=O)F. The molecular formula is C11H13FO5S. The summed E-state index contributed by atoms with van der Waals surface area (Å²) in [5.74, 6) is -0.914. The van der Waals surface area contributed by atoms with Crippen molar-refractivity contribution in [2.75, 3.05) is 6.61 Å². The summed E-state index contributed by atoms with van der Waals surface area (Å²) in [4.78, 5) is 11.4. The van der Waals surface area contributed by atoms with Crippen molar-refractivity contribution in [1.29, 1.82) is 0 Å². The van der Waals surface area contributed by atoms with E-state index in [0.717, 1.165) is 0 Å². The van der Waals surface area contributed by atoms with E-state index in [2.05, 4.69) is 8.92 Å². The molecule has 0 radical (unpaired) electrons. The van der Waals surface area contributed by atoms with Gasteiger partial charge in [-0.3, -0.25) is 0 Å². The van der Waals surface area contributed by atoms with E-state index in [1.165, 1.54) is 0 Å². The normalized spacial score (nSPS) is 13.0. The monoisotopic (exact) mass is 276 g/mol. The Morgan fingerprint density at radius 2 is 1.94 bits per heavy atom. The van der Waals surface area contributed by atoms with Gasteiger partial charge in [0, 0.05) is 6.42 Å². The largest absolute Gasteiger partial charge is 0.464 e. The zero-order valence-corrected chi connectivity index (χ0v) is 10.5. The second-order valence-electron chi connectivity index (χ2n) is 3.42. The van der Waals surface area contributed by atoms with E-state index in [-0.39, 0.29) is 13.0 Å². The zero-order chi connectivity index (χ0) is 13.6. The molecule has 18 heavy (non-hydrogen) atoms. The molecule has 0 amide bonds. The number of hydrogen-bond donors (Lipinski definition) is 0. The lowest BCUT2D eigenvalue weighted by Gasteiger charge is -2.13. The second-order valence-corrected chi connectivity index (χ2v) is 4.40. The predicted octanol–water partition coefficient (Wildman–Crippen LogP) is 1.39. The van der Waals surface area contributed by atoms with Gasteiger partial charge in [-0.15, -0.1) is 0 Å². The molecule has 0 heterocycles. The van der Waals surface area contributed by atoms with Crippen molar-refractivity contribution >= 4 is 16.5 Å². The standard InChI is InChI=1S/C11H13FO5S/c1-2-16-11(13)10(17-18(12,14)15)8-9-6-4-3-5-7-9/h3-7,10H,2,8H2,1H3/t10-/m1/s1. The van der Waals surface area contributed by atoms with E-state index >= 15 is 0 Å². The number of esters is 1. The highest BCUT2D eigenvalue weighted by atomic mass is 32.3. The number of ether oxygens (including phenoxy) is 1. The predicted molar refractivity (Wildman–Crippen MR) is 61.7 cm³/mol. The lowest BCUT2D eigenvalue weighted by atomic mass is 10.1. The highest BCUT2D eigenvalue weighted by molar-refractivity contribution is 7.81. The molecule has 0 aliphatic rings. The van der Waals surface area contributed by atoms with E-state index < -0.39 is 22.6 Å². The molecule has 1 aromatic rings. The van der Waals surface area contributed by atoms with Crippen LogP contribution in [0, 0.1) is 0 Å². The molecule has 0 saturated carbocycles. The summed E-state index contributed by atoms with van der Waals surface area (Å²) in [6.07, 6.45) is -1.59. The van der Waals surface area contributed by atoms with Crippen molar-refractivity contribution in [3.05, 3.63) is 35.9 Å². The van der Waals surface area contributed by atoms with Crippen LogP contribution in [0.3, 0.4) is 0 Å². The lowest BCUT2D eigenvalue weighted by molar-refractivity contribution is -0.151. The van der Waals surface area contributed by atoms with Crippen LogP contribution in [0.5, 0.6) is 0 Å². The maximum atomic E-state index is 12.5. The molecule has 0 aromatic heterocycles. The number of halogens is 1. The Kier molecular flexibility index (Phi) is 5.24. The molecule has 100 valence electrons. The van der Waals surface area contributed by atoms with E-state index in [4.69, 9.17) is 0 Å². The van der Waals surface area contributed by atoms with Crippen LogP contribution in [0.15, 0.2) is 30.3 Å². The van der Waals surface area contributed by atoms with Gasteiger partial charge < -0.3 is 4.74 Å². The van der Waals surface area contributed by atoms with Crippen LogP contribution >= 0.6 is 0 Å². The van der Waals surface area contributed by atoms with Gasteiger partial charge in [-0.2, -0.15) is 8.42 Å². The quantitative estimate of drug-likeness (QED) is 0.580. The summed E-state index contributed by atoms with van der Waals surface area (Å²) in [7, 11) is -5.21. The summed E-state index contributed by atoms with van der Waals surface area (Å²) < 4.78 is 42.1. The summed E-state index contributed by atoms with van der Waals surface area (Å²) in [6, 6.07) is 8.51. The maximum absolute atomic E-state index is 12.5. The number of carbonyl (C=O) groups excluding carboxylic acids is 1. The topological polar surface area (TPSA) is 69.7 Å². The molecule has 0 N–H and O–H groups in total. The highest BCUT2D eigenvalue weighted by Gasteiger charge is 2.27. The minimum atomic E-state index is -5.21. The van der Waals surface area contributed by atoms with E-state index in [1.54, 1.807) is 37.3 Å². The molecule has 0 saturated heterocycles. The van der Waals surface area contributed by atoms with Crippen molar-refractivity contribution in [3.63, 3.8) is 0 Å². The first kappa shape index (κ1) is 14.6. The fourth-order valence-corrected chi connectivity index (χ4v) is 1.78. The third-order valence-corrected chi connectivity index (χ3v) is 2.51. The van der Waals surface area contributed by atoms with Gasteiger partial charge in [0.2, 0.25) is 0 Å². The van der Waals surface area contributed by atoms with Crippen LogP contribution < -0.4 is 0 Å². The summed E-state index contributed by atoms with van der Waals surface area (Å²) in [6.45, 7) is 1.61. The van der Waals surface area contributed by atoms with E-state index in [0.29, 0.717) is 5.56 Å². The fourth-order valence-electron chi connectivity index (χ4n) is 1.36. The Labute approximate surface area is 105 Å². The van der Waals surface area contributed by atoms with Gasteiger partial charge in [0.05, 0.1) is 6.61 Å². The third-order valence-electron chi connectivity index (χ3n) is 2.04. The minimum absolute atomic E-state index is 0.0554. The Bertz CT molecular complexity index is 485. The van der Waals surface area contributed by atoms with Crippen molar-refractivity contribution in [3.8, 4) is 0 Å². The molecule has 1 aromatic carbocycles. The number of rotatable bonds is 6. The molecule has 5 nitrogen and oxygen atoms in total. The van der Waals surface area contributed by atoms with Crippen LogP contribution in [0.2, 0.25) is 0 Å². The third kappa shape index (κ3) is 5.24. The average Bonchev–Trinajstić information content (AvgIpc) is 2.28. The van der Waals surface area contributed by atoms with Crippen molar-refractivity contribution in [2.45, 2.75) is 19.4 Å². The summed E-state index contributed by atoms with van der Waals surface area (Å²) in [5.41, 5.74) is 0.638. The van der Waals surface area contributed by atoms with Gasteiger partial charge in [0.15, 0.2) is 6.10 Å². The van der Waals surface area contributed by atoms with Crippen LogP contribution in [-0.2, 0) is 30.6 Å². The first-order valence-corrected chi connectivity index (χ1v) is 6.56. The van der Waals surface area contributed by atoms with Gasteiger partial charge in [0.25, 0.3) is 0 Å². The van der Waals surface area contributed by atoms with Gasteiger partial charge in [-0.1, -0.05) is 34.2 Å². The molecule has 7 heteroatoms. The van der Waals surface area contributed by atoms with Gasteiger partial charge >= 0.3 is 16.5 Å². The Hall–Kier alpha value is -1.47. The first-order valence-electron chi connectivity index (χ1n) is 5.26. The Morgan fingerprint density at radius 3 is 2.44 bits per heavy atom. The van der Waals surface area contributed by atoms with Crippen LogP contribution in [0.4, 0.5) is 3.89 Å². The average molecular weight is 276 g/mol. The zero-order valence-electron chi connectivity index (χ0n) is 9.71. The summed E-state index contributed by atoms with van der Waals surface area (Å²) >= 11 is 0. The maximum Gasteiger partial charge on any atom is 0.438 e. The second kappa shape index (κ2) is 6.46. The van der Waals surface area contributed by atoms with Gasteiger partial charge in [-0.25, -0.2) is 8.98 Å². The molecule has 0 aliphatic carbocycles. The minimum Gasteiger partial charge on any atom is -0.464 e. The fraction of sp³-hybridized carbons (Fsp3) is 0.364. The van der Waals surface area contributed by atoms with E-state index in [9.17, 15) is 17.1 Å². The molecule has 1 atom stereocenters. The smallest absolute Gasteiger partial charge is 0.438 e. The van der Waals surface area contributed by atoms with Crippen molar-refractivity contribution in [1.82, 2.24) is 0 Å². The van der Waals surface area contributed by atoms with Crippen LogP contribution in [-0.4, -0.2) is 27.1 Å². The molecule has 0 unspecified atom stereocenters. The van der Waals surface area contributed by atoms with Crippen LogP contribution in [0.25, 0.3) is 0 Å². The highest BCUT2D eigenvalue weighted by Crippen LogP contribution is 2.11. The molecule has 0 bridgehead atoms. The molecule has 0 spiro atoms. The first-order chi connectivity index (χ1) is 8.42. The summed E-state index contributed by atoms with van der Waals surface area (Å²) in [5, 5.41) is 0. The Morgan fingerprint density at radius 1 is 1.33 bits per heavy atom. The Balaban J connectivity index is 2.81. The van der Waals surface area contributed by atoms with Gasteiger partial charge in [0.1, 0.15) is 0 Å².